The van der Waals surface area contributed by atoms with E-state index in [9.17, 15) is 8.22 Å². The molecule has 0 saturated heterocycles. The lowest BCUT2D eigenvalue weighted by molar-refractivity contribution is 0.703. The molecule has 0 rings (SSSR count). The molecule has 0 aromatic carbocycles. The minimum atomic E-state index is -3.24. The summed E-state index contributed by atoms with van der Waals surface area (Å²) >= 11 is 0. The Bertz CT molecular complexity index is 67.7. The van der Waals surface area contributed by atoms with E-state index < -0.39 is 9.08 Å². The van der Waals surface area contributed by atoms with Gasteiger partial charge in [-0.2, -0.15) is 0 Å². The van der Waals surface area contributed by atoms with E-state index in [4.69, 9.17) is 0 Å². The van der Waals surface area contributed by atoms with E-state index in [-0.39, 0.29) is 0 Å². The highest BCUT2D eigenvalue weighted by Crippen LogP contribution is 1.62. The van der Waals surface area contributed by atoms with Crippen LogP contribution in [0.15, 0.2) is 6.58 Å². The van der Waals surface area contributed by atoms with Crippen molar-refractivity contribution in [2.75, 3.05) is 0 Å². The fraction of sp³-hybridized carbons (Fsp3) is 0. The van der Waals surface area contributed by atoms with Crippen molar-refractivity contribution >= 4 is 14.4 Å². The van der Waals surface area contributed by atoms with Crippen molar-refractivity contribution in [1.29, 1.82) is 0 Å². The molecule has 0 heterocycles. The summed E-state index contributed by atoms with van der Waals surface area (Å²) in [4.78, 5) is 0. The zero-order valence-corrected chi connectivity index (χ0v) is 3.46. The number of halogens is 2. The summed E-state index contributed by atoms with van der Waals surface area (Å²) in [7, 11) is -3.24. The van der Waals surface area contributed by atoms with Crippen molar-refractivity contribution < 1.29 is 8.22 Å². The minimum absolute atomic E-state index is 1.55. The molecule has 0 N–H and O–H groups in total. The molecular weight excluding hydrogens is 90.1 g/mol. The van der Waals surface area contributed by atoms with E-state index in [1.54, 1.807) is 5.33 Å². The molecule has 0 aromatic rings. The zero-order chi connectivity index (χ0) is 4.28. The van der Waals surface area contributed by atoms with Crippen molar-refractivity contribution in [2.24, 2.45) is 0 Å². The minimum Gasteiger partial charge on any atom is -0.229 e. The molecular formula is C2H2F2Si. The smallest absolute Gasteiger partial charge is 0.229 e. The Labute approximate surface area is 30.3 Å². The van der Waals surface area contributed by atoms with Crippen LogP contribution in [-0.2, 0) is 0 Å². The van der Waals surface area contributed by atoms with Crippen molar-refractivity contribution in [3.05, 3.63) is 6.58 Å². The average Bonchev–Trinajstić information content (AvgIpc) is 1.38. The third kappa shape index (κ3) is 3.73. The summed E-state index contributed by atoms with van der Waals surface area (Å²) in [6, 6.07) is 0. The van der Waals surface area contributed by atoms with Crippen LogP contribution in [0.1, 0.15) is 0 Å². The van der Waals surface area contributed by atoms with Gasteiger partial charge in [0.15, 0.2) is 0 Å². The summed E-state index contributed by atoms with van der Waals surface area (Å²) in [5.41, 5.74) is 0. The summed E-state index contributed by atoms with van der Waals surface area (Å²) < 4.78 is 21.4. The van der Waals surface area contributed by atoms with Crippen LogP contribution >= 0.6 is 0 Å². The molecule has 3 heteroatoms. The van der Waals surface area contributed by atoms with Crippen LogP contribution < -0.4 is 0 Å². The topological polar surface area (TPSA) is 0 Å². The van der Waals surface area contributed by atoms with E-state index >= 15 is 0 Å². The average molecular weight is 92.1 g/mol. The third-order valence-electron chi connectivity index (χ3n) is 0.134. The van der Waals surface area contributed by atoms with Gasteiger partial charge in [0, 0.05) is 0 Å². The maximum Gasteiger partial charge on any atom is 0.489 e. The molecule has 0 atom stereocenters. The first-order chi connectivity index (χ1) is 2.27. The Balaban J connectivity index is 3.60. The molecule has 0 fully saturated rings. The maximum absolute atomic E-state index is 10.7. The van der Waals surface area contributed by atoms with Crippen LogP contribution in [0.2, 0.25) is 0 Å². The Hall–Kier alpha value is -0.273. The summed E-state index contributed by atoms with van der Waals surface area (Å²) in [6.45, 7) is 2.73. The van der Waals surface area contributed by atoms with Gasteiger partial charge in [0.05, 0.1) is 0 Å². The van der Waals surface area contributed by atoms with Gasteiger partial charge in [-0.05, 0) is 0 Å². The molecule has 28 valence electrons. The first-order valence-electron chi connectivity index (χ1n) is 0.982. The van der Waals surface area contributed by atoms with Gasteiger partial charge >= 0.3 is 9.08 Å². The third-order valence-corrected chi connectivity index (χ3v) is 0.401. The van der Waals surface area contributed by atoms with Gasteiger partial charge in [-0.3, -0.25) is 0 Å². The number of hydrogen-bond donors (Lipinski definition) is 0. The van der Waals surface area contributed by atoms with Crippen LogP contribution in [0.3, 0.4) is 0 Å². The van der Waals surface area contributed by atoms with E-state index in [0.29, 0.717) is 0 Å². The number of rotatable bonds is 0. The molecule has 0 saturated carbocycles. The molecule has 0 nitrogen and oxygen atoms in total. The van der Waals surface area contributed by atoms with Crippen LogP contribution in [0.4, 0.5) is 8.22 Å². The quantitative estimate of drug-likeness (QED) is 0.303. The molecule has 0 aliphatic heterocycles. The normalized spacial score (nSPS) is 6.00. The van der Waals surface area contributed by atoms with Crippen molar-refractivity contribution in [2.45, 2.75) is 0 Å². The van der Waals surface area contributed by atoms with Crippen molar-refractivity contribution in [3.63, 3.8) is 0 Å². The highest BCUT2D eigenvalue weighted by atomic mass is 28.3. The summed E-state index contributed by atoms with van der Waals surface area (Å²) in [5, 5.41) is 1.55. The lowest BCUT2D eigenvalue weighted by Gasteiger charge is -1.52. The Morgan fingerprint density at radius 3 is 1.80 bits per heavy atom. The molecule has 0 aliphatic rings. The van der Waals surface area contributed by atoms with E-state index in [1.165, 1.54) is 0 Å². The summed E-state index contributed by atoms with van der Waals surface area (Å²) in [5.74, 6) is 0. The zero-order valence-electron chi connectivity index (χ0n) is 2.46. The van der Waals surface area contributed by atoms with Crippen molar-refractivity contribution in [3.8, 4) is 0 Å². The fourth-order valence-electron chi connectivity index (χ4n) is 0. The standard InChI is InChI=1S/C2H2F2Si/c1-2-5(3)4/h1H2. The second kappa shape index (κ2) is 2.00. The first kappa shape index (κ1) is 4.73. The highest BCUT2D eigenvalue weighted by Gasteiger charge is 1.79. The Morgan fingerprint density at radius 2 is 1.80 bits per heavy atom. The molecule has 0 amide bonds. The largest absolute Gasteiger partial charge is 0.489 e. The molecule has 0 bridgehead atoms. The predicted molar refractivity (Wildman–Crippen MR) is 18.6 cm³/mol. The Morgan fingerprint density at radius 1 is 1.60 bits per heavy atom. The van der Waals surface area contributed by atoms with Gasteiger partial charge in [0.25, 0.3) is 0 Å². The first-order valence-corrected chi connectivity index (χ1v) is 2.24. The van der Waals surface area contributed by atoms with Crippen molar-refractivity contribution in [1.82, 2.24) is 0 Å². The van der Waals surface area contributed by atoms with Gasteiger partial charge in [-0.1, -0.05) is 11.9 Å². The second-order valence-corrected chi connectivity index (χ2v) is 1.31. The molecule has 0 unspecified atom stereocenters. The van der Waals surface area contributed by atoms with Gasteiger partial charge in [0.2, 0.25) is 0 Å². The molecule has 0 aromatic heterocycles. The van der Waals surface area contributed by atoms with Crippen LogP contribution in [0.25, 0.3) is 0 Å². The van der Waals surface area contributed by atoms with Gasteiger partial charge < -0.3 is 0 Å². The Kier molecular flexibility index (Phi) is 1.89. The summed E-state index contributed by atoms with van der Waals surface area (Å²) in [6.07, 6.45) is 0. The molecule has 5 heavy (non-hydrogen) atoms. The SMILES string of the molecule is C=C=[Si](F)F. The van der Waals surface area contributed by atoms with Gasteiger partial charge in [-0.25, -0.2) is 8.22 Å². The monoisotopic (exact) mass is 92.0 g/mol. The van der Waals surface area contributed by atoms with E-state index in [2.05, 4.69) is 6.58 Å². The second-order valence-electron chi connectivity index (χ2n) is 0.437. The fourth-order valence-corrected chi connectivity index (χ4v) is 0. The number of hydrogen-bond acceptors (Lipinski definition) is 0. The molecule has 0 radical (unpaired) electrons. The van der Waals surface area contributed by atoms with Crippen LogP contribution in [0.5, 0.6) is 0 Å². The molecule has 0 aliphatic carbocycles. The van der Waals surface area contributed by atoms with E-state index in [1.807, 2.05) is 0 Å². The lowest BCUT2D eigenvalue weighted by Crippen LogP contribution is -1.73. The van der Waals surface area contributed by atoms with Gasteiger partial charge in [0.1, 0.15) is 0 Å². The lowest BCUT2D eigenvalue weighted by atomic mass is 11.3. The van der Waals surface area contributed by atoms with Crippen LogP contribution in [0, 0.1) is 0 Å². The van der Waals surface area contributed by atoms with E-state index in [0.717, 1.165) is 0 Å². The van der Waals surface area contributed by atoms with Gasteiger partial charge in [-0.15, -0.1) is 0 Å². The van der Waals surface area contributed by atoms with Crippen LogP contribution in [-0.4, -0.2) is 14.4 Å². The molecule has 0 spiro atoms. The highest BCUT2D eigenvalue weighted by molar-refractivity contribution is 6.50. The maximum atomic E-state index is 10.7. The predicted octanol–water partition coefficient (Wildman–Crippen LogP) is 0.582.